The summed E-state index contributed by atoms with van der Waals surface area (Å²) >= 11 is 0. The third-order valence-corrected chi connectivity index (χ3v) is 9.30. The largest absolute Gasteiger partial charge is 0.456 e. The summed E-state index contributed by atoms with van der Waals surface area (Å²) in [7, 11) is 0. The third kappa shape index (κ3) is 4.65. The van der Waals surface area contributed by atoms with E-state index in [9.17, 15) is 0 Å². The Hall–Kier alpha value is -6.92. The van der Waals surface area contributed by atoms with Crippen LogP contribution in [0.15, 0.2) is 168 Å². The van der Waals surface area contributed by atoms with Gasteiger partial charge in [-0.3, -0.25) is 4.98 Å². The van der Waals surface area contributed by atoms with Crippen molar-refractivity contribution < 1.29 is 4.42 Å². The predicted octanol–water partition coefficient (Wildman–Crippen LogP) is 10.9. The van der Waals surface area contributed by atoms with E-state index >= 15 is 0 Å². The van der Waals surface area contributed by atoms with Crippen molar-refractivity contribution in [3.8, 4) is 51.1 Å². The topological polar surface area (TPSA) is 69.6 Å². The molecule has 0 N–H and O–H groups in total. The number of furan rings is 1. The number of rotatable bonds is 5. The van der Waals surface area contributed by atoms with Crippen molar-refractivity contribution in [2.75, 3.05) is 0 Å². The van der Waals surface area contributed by atoms with Gasteiger partial charge >= 0.3 is 0 Å². The van der Waals surface area contributed by atoms with E-state index in [-0.39, 0.29) is 0 Å². The second kappa shape index (κ2) is 11.4. The normalized spacial score (nSPS) is 11.6. The number of pyridine rings is 1. The summed E-state index contributed by atoms with van der Waals surface area (Å²) in [4.78, 5) is 19.4. The minimum absolute atomic E-state index is 0.511. The average Bonchev–Trinajstić information content (AvgIpc) is 3.72. The van der Waals surface area contributed by atoms with Crippen LogP contribution in [0.4, 0.5) is 0 Å². The van der Waals surface area contributed by atoms with Gasteiger partial charge in [0.05, 0.1) is 11.0 Å². The molecular weight excluding hydrogens is 615 g/mol. The van der Waals surface area contributed by atoms with Gasteiger partial charge in [-0.05, 0) is 71.8 Å². The molecule has 0 fully saturated rings. The molecule has 0 saturated heterocycles. The standard InChI is InChI=1S/C44H27N5O/c1-3-12-28(13-4-1)29-14-11-15-30(24-29)42-46-43(48-44(47-42)37-19-9-10-23-45-37)31-21-22-34-36-26-39-35(27-41(36)50-40(34)25-31)33-18-7-8-20-38(33)49(39)32-16-5-2-6-17-32/h1-27H. The van der Waals surface area contributed by atoms with Crippen LogP contribution in [0, 0.1) is 0 Å². The molecule has 6 heteroatoms. The smallest absolute Gasteiger partial charge is 0.182 e. The number of fused-ring (bicyclic) bond motifs is 6. The number of aromatic nitrogens is 5. The molecule has 10 aromatic rings. The first-order chi connectivity index (χ1) is 24.8. The van der Waals surface area contributed by atoms with Crippen molar-refractivity contribution in [3.63, 3.8) is 0 Å². The highest BCUT2D eigenvalue weighted by Gasteiger charge is 2.18. The molecule has 0 bridgehead atoms. The van der Waals surface area contributed by atoms with E-state index < -0.39 is 0 Å². The Bertz CT molecular complexity index is 2860. The van der Waals surface area contributed by atoms with E-state index in [1.807, 2.05) is 60.7 Å². The van der Waals surface area contributed by atoms with Crippen LogP contribution in [0.5, 0.6) is 0 Å². The van der Waals surface area contributed by atoms with Crippen molar-refractivity contribution >= 4 is 43.7 Å². The fourth-order valence-corrected chi connectivity index (χ4v) is 6.94. The van der Waals surface area contributed by atoms with Gasteiger partial charge in [-0.1, -0.05) is 97.1 Å². The minimum Gasteiger partial charge on any atom is -0.456 e. The lowest BCUT2D eigenvalue weighted by Gasteiger charge is -2.09. The molecule has 0 atom stereocenters. The number of benzene rings is 6. The summed E-state index contributed by atoms with van der Waals surface area (Å²) < 4.78 is 8.92. The van der Waals surface area contributed by atoms with Crippen molar-refractivity contribution in [1.82, 2.24) is 24.5 Å². The molecule has 6 aromatic carbocycles. The van der Waals surface area contributed by atoms with Gasteiger partial charge in [0.2, 0.25) is 0 Å². The Morgan fingerprint density at radius 3 is 1.90 bits per heavy atom. The van der Waals surface area contributed by atoms with Gasteiger partial charge in [-0.25, -0.2) is 15.0 Å². The molecule has 0 radical (unpaired) electrons. The summed E-state index contributed by atoms with van der Waals surface area (Å²) in [6, 6.07) is 54.0. The highest BCUT2D eigenvalue weighted by Crippen LogP contribution is 2.39. The Morgan fingerprint density at radius 2 is 1.08 bits per heavy atom. The number of hydrogen-bond acceptors (Lipinski definition) is 5. The first-order valence-electron chi connectivity index (χ1n) is 16.6. The lowest BCUT2D eigenvalue weighted by molar-refractivity contribution is 0.669. The molecule has 0 amide bonds. The van der Waals surface area contributed by atoms with Crippen molar-refractivity contribution in [1.29, 1.82) is 0 Å². The van der Waals surface area contributed by atoms with Crippen molar-refractivity contribution in [3.05, 3.63) is 164 Å². The highest BCUT2D eigenvalue weighted by atomic mass is 16.3. The molecule has 0 unspecified atom stereocenters. The summed E-state index contributed by atoms with van der Waals surface area (Å²) in [5.41, 5.74) is 9.66. The Balaban J connectivity index is 1.14. The summed E-state index contributed by atoms with van der Waals surface area (Å²) in [5.74, 6) is 1.64. The molecule has 0 aliphatic heterocycles. The lowest BCUT2D eigenvalue weighted by Crippen LogP contribution is -2.01. The zero-order valence-corrected chi connectivity index (χ0v) is 26.7. The maximum Gasteiger partial charge on any atom is 0.182 e. The van der Waals surface area contributed by atoms with Gasteiger partial charge in [0.1, 0.15) is 16.9 Å². The lowest BCUT2D eigenvalue weighted by atomic mass is 10.0. The molecule has 0 aliphatic carbocycles. The van der Waals surface area contributed by atoms with E-state index in [1.54, 1.807) is 6.20 Å². The predicted molar refractivity (Wildman–Crippen MR) is 201 cm³/mol. The molecule has 4 aromatic heterocycles. The zero-order valence-electron chi connectivity index (χ0n) is 26.7. The second-order valence-corrected chi connectivity index (χ2v) is 12.3. The minimum atomic E-state index is 0.511. The molecule has 234 valence electrons. The zero-order chi connectivity index (χ0) is 33.0. The molecule has 0 spiro atoms. The maximum absolute atomic E-state index is 6.59. The van der Waals surface area contributed by atoms with Gasteiger partial charge in [0, 0.05) is 44.6 Å². The number of para-hydroxylation sites is 2. The Morgan fingerprint density at radius 1 is 0.400 bits per heavy atom. The fourth-order valence-electron chi connectivity index (χ4n) is 6.94. The van der Waals surface area contributed by atoms with E-state index in [4.69, 9.17) is 19.4 Å². The Kier molecular flexibility index (Phi) is 6.39. The van der Waals surface area contributed by atoms with Crippen LogP contribution in [0.1, 0.15) is 0 Å². The van der Waals surface area contributed by atoms with Gasteiger partial charge in [-0.15, -0.1) is 0 Å². The van der Waals surface area contributed by atoms with Crippen LogP contribution in [-0.2, 0) is 0 Å². The van der Waals surface area contributed by atoms with Gasteiger partial charge in [0.15, 0.2) is 17.5 Å². The molecule has 6 nitrogen and oxygen atoms in total. The monoisotopic (exact) mass is 641 g/mol. The molecular formula is C44H27N5O. The van der Waals surface area contributed by atoms with E-state index in [0.717, 1.165) is 66.3 Å². The van der Waals surface area contributed by atoms with E-state index in [2.05, 4.69) is 107 Å². The number of hydrogen-bond donors (Lipinski definition) is 0. The van der Waals surface area contributed by atoms with Gasteiger partial charge in [0.25, 0.3) is 0 Å². The summed E-state index contributed by atoms with van der Waals surface area (Å²) in [6.07, 6.45) is 1.75. The molecule has 0 saturated carbocycles. The van der Waals surface area contributed by atoms with Crippen LogP contribution in [0.2, 0.25) is 0 Å². The summed E-state index contributed by atoms with van der Waals surface area (Å²) in [5, 5.41) is 4.43. The first kappa shape index (κ1) is 28.1. The second-order valence-electron chi connectivity index (χ2n) is 12.3. The highest BCUT2D eigenvalue weighted by molar-refractivity contribution is 6.17. The van der Waals surface area contributed by atoms with E-state index in [1.165, 1.54) is 5.39 Å². The van der Waals surface area contributed by atoms with E-state index in [0.29, 0.717) is 23.2 Å². The van der Waals surface area contributed by atoms with Crippen LogP contribution < -0.4 is 0 Å². The van der Waals surface area contributed by atoms with Gasteiger partial charge in [-0.2, -0.15) is 0 Å². The van der Waals surface area contributed by atoms with Crippen LogP contribution in [0.25, 0.3) is 94.9 Å². The van der Waals surface area contributed by atoms with Gasteiger partial charge < -0.3 is 8.98 Å². The van der Waals surface area contributed by atoms with Crippen LogP contribution in [-0.4, -0.2) is 24.5 Å². The maximum atomic E-state index is 6.59. The average molecular weight is 642 g/mol. The molecule has 50 heavy (non-hydrogen) atoms. The van der Waals surface area contributed by atoms with Crippen molar-refractivity contribution in [2.45, 2.75) is 0 Å². The van der Waals surface area contributed by atoms with Crippen LogP contribution in [0.3, 0.4) is 0 Å². The quantitative estimate of drug-likeness (QED) is 0.187. The number of nitrogens with zero attached hydrogens (tertiary/aromatic N) is 5. The molecule has 0 aliphatic rings. The third-order valence-electron chi connectivity index (χ3n) is 9.30. The summed E-state index contributed by atoms with van der Waals surface area (Å²) in [6.45, 7) is 0. The first-order valence-corrected chi connectivity index (χ1v) is 16.6. The fraction of sp³-hybridized carbons (Fsp3) is 0. The SMILES string of the molecule is c1ccc(-c2cccc(-c3nc(-c4ccc5c(c4)oc4cc6c7ccccc7n(-c7ccccc7)c6cc45)nc(-c4ccccn4)n3)c2)cc1. The van der Waals surface area contributed by atoms with Crippen molar-refractivity contribution in [2.24, 2.45) is 0 Å². The molecule has 4 heterocycles. The molecule has 10 rings (SSSR count). The Labute approximate surface area is 287 Å². The van der Waals surface area contributed by atoms with Crippen LogP contribution >= 0.6 is 0 Å².